The molecule has 3 rings (SSSR count). The molecule has 3 aromatic rings. The van der Waals surface area contributed by atoms with Crippen molar-refractivity contribution in [2.45, 2.75) is 12.1 Å². The smallest absolute Gasteiger partial charge is 0.275 e. The van der Waals surface area contributed by atoms with Crippen LogP contribution in [0, 0.1) is 18.6 Å². The van der Waals surface area contributed by atoms with Gasteiger partial charge in [-0.25, -0.2) is 13.8 Å². The number of H-pyrrole nitrogens is 2. The molecule has 24 heavy (non-hydrogen) atoms. The molecule has 0 radical (unpaired) electrons. The summed E-state index contributed by atoms with van der Waals surface area (Å²) in [5.41, 5.74) is 1.23. The SMILES string of the molecule is Cc1cc2nc(SCC(=O)Nc3ccc(F)cc3F)[nH]c(=O)c2[nH]1. The number of thioether (sulfide) groups is 1. The van der Waals surface area contributed by atoms with Crippen LogP contribution in [0.1, 0.15) is 5.69 Å². The quantitative estimate of drug-likeness (QED) is 0.498. The molecule has 0 fully saturated rings. The molecule has 0 spiro atoms. The standard InChI is InChI=1S/C15H12F2N4O2S/c1-7-4-11-13(18-7)14(23)21-15(20-11)24-6-12(22)19-10-3-2-8(16)5-9(10)17/h2-5,18H,6H2,1H3,(H,19,22)(H,20,21,23). The molecule has 0 saturated carbocycles. The van der Waals surface area contributed by atoms with Gasteiger partial charge in [0.15, 0.2) is 5.16 Å². The van der Waals surface area contributed by atoms with Crippen LogP contribution in [0.3, 0.4) is 0 Å². The Morgan fingerprint density at radius 2 is 2.08 bits per heavy atom. The Hall–Kier alpha value is -2.68. The van der Waals surface area contributed by atoms with Crippen LogP contribution in [0.5, 0.6) is 0 Å². The zero-order valence-electron chi connectivity index (χ0n) is 12.4. The first kappa shape index (κ1) is 16.2. The lowest BCUT2D eigenvalue weighted by molar-refractivity contribution is -0.113. The van der Waals surface area contributed by atoms with Crippen molar-refractivity contribution in [3.63, 3.8) is 0 Å². The summed E-state index contributed by atoms with van der Waals surface area (Å²) in [6, 6.07) is 4.60. The van der Waals surface area contributed by atoms with Crippen LogP contribution in [-0.2, 0) is 4.79 Å². The average molecular weight is 350 g/mol. The van der Waals surface area contributed by atoms with Gasteiger partial charge in [-0.05, 0) is 25.1 Å². The van der Waals surface area contributed by atoms with Crippen LogP contribution >= 0.6 is 11.8 Å². The number of hydrogen-bond acceptors (Lipinski definition) is 4. The van der Waals surface area contributed by atoms with E-state index in [2.05, 4.69) is 20.3 Å². The number of benzene rings is 1. The second-order valence-electron chi connectivity index (χ2n) is 5.04. The van der Waals surface area contributed by atoms with Crippen molar-refractivity contribution in [2.24, 2.45) is 0 Å². The summed E-state index contributed by atoms with van der Waals surface area (Å²) in [5.74, 6) is -2.17. The van der Waals surface area contributed by atoms with Gasteiger partial charge in [-0.1, -0.05) is 11.8 Å². The topological polar surface area (TPSA) is 90.6 Å². The van der Waals surface area contributed by atoms with E-state index in [-0.39, 0.29) is 22.2 Å². The molecule has 0 atom stereocenters. The molecule has 3 N–H and O–H groups in total. The van der Waals surface area contributed by atoms with Crippen LogP contribution in [-0.4, -0.2) is 26.6 Å². The number of fused-ring (bicyclic) bond motifs is 1. The van der Waals surface area contributed by atoms with E-state index in [1.165, 1.54) is 0 Å². The van der Waals surface area contributed by atoms with E-state index in [0.717, 1.165) is 29.6 Å². The highest BCUT2D eigenvalue weighted by Crippen LogP contribution is 2.18. The number of aryl methyl sites for hydroxylation is 1. The van der Waals surface area contributed by atoms with Crippen molar-refractivity contribution in [1.29, 1.82) is 0 Å². The molecule has 2 heterocycles. The second kappa shape index (κ2) is 6.44. The fourth-order valence-corrected chi connectivity index (χ4v) is 2.78. The third-order valence-electron chi connectivity index (χ3n) is 3.15. The van der Waals surface area contributed by atoms with E-state index in [9.17, 15) is 18.4 Å². The molecule has 2 aromatic heterocycles. The van der Waals surface area contributed by atoms with E-state index < -0.39 is 17.5 Å². The Morgan fingerprint density at radius 3 is 2.83 bits per heavy atom. The molecule has 0 bridgehead atoms. The summed E-state index contributed by atoms with van der Waals surface area (Å²) in [6.07, 6.45) is 0. The molecule has 0 unspecified atom stereocenters. The van der Waals surface area contributed by atoms with Gasteiger partial charge in [0.05, 0.1) is 17.0 Å². The minimum atomic E-state index is -0.857. The summed E-state index contributed by atoms with van der Waals surface area (Å²) in [7, 11) is 0. The minimum absolute atomic E-state index is 0.0886. The predicted molar refractivity (Wildman–Crippen MR) is 87.2 cm³/mol. The molecule has 1 amide bonds. The Balaban J connectivity index is 1.69. The van der Waals surface area contributed by atoms with Crippen molar-refractivity contribution in [1.82, 2.24) is 15.0 Å². The van der Waals surface area contributed by atoms with E-state index in [1.807, 2.05) is 0 Å². The highest BCUT2D eigenvalue weighted by atomic mass is 32.2. The second-order valence-corrected chi connectivity index (χ2v) is 6.01. The lowest BCUT2D eigenvalue weighted by Gasteiger charge is -2.06. The Morgan fingerprint density at radius 1 is 1.29 bits per heavy atom. The fraction of sp³-hybridized carbons (Fsp3) is 0.133. The van der Waals surface area contributed by atoms with Gasteiger partial charge in [0.1, 0.15) is 17.2 Å². The van der Waals surface area contributed by atoms with E-state index >= 15 is 0 Å². The summed E-state index contributed by atoms with van der Waals surface area (Å²) in [5, 5.41) is 2.62. The number of halogens is 2. The number of hydrogen-bond donors (Lipinski definition) is 3. The van der Waals surface area contributed by atoms with Gasteiger partial charge in [0.2, 0.25) is 5.91 Å². The van der Waals surface area contributed by atoms with Gasteiger partial charge in [-0.2, -0.15) is 0 Å². The number of carbonyl (C=O) groups is 1. The van der Waals surface area contributed by atoms with Gasteiger partial charge in [0, 0.05) is 11.8 Å². The zero-order valence-corrected chi connectivity index (χ0v) is 13.3. The van der Waals surface area contributed by atoms with Gasteiger partial charge in [0.25, 0.3) is 5.56 Å². The van der Waals surface area contributed by atoms with Gasteiger partial charge in [-0.15, -0.1) is 0 Å². The molecule has 0 saturated heterocycles. The molecule has 1 aromatic carbocycles. The highest BCUT2D eigenvalue weighted by Gasteiger charge is 2.11. The number of rotatable bonds is 4. The molecular weight excluding hydrogens is 338 g/mol. The van der Waals surface area contributed by atoms with Gasteiger partial charge in [-0.3, -0.25) is 14.6 Å². The number of nitrogens with zero attached hydrogens (tertiary/aromatic N) is 1. The lowest BCUT2D eigenvalue weighted by Crippen LogP contribution is -2.16. The summed E-state index contributed by atoms with van der Waals surface area (Å²) in [4.78, 5) is 33.5. The maximum Gasteiger partial charge on any atom is 0.275 e. The monoisotopic (exact) mass is 350 g/mol. The lowest BCUT2D eigenvalue weighted by atomic mass is 10.3. The number of anilines is 1. The zero-order chi connectivity index (χ0) is 17.3. The first-order chi connectivity index (χ1) is 11.4. The molecule has 0 aliphatic heterocycles. The third-order valence-corrected chi connectivity index (χ3v) is 4.02. The van der Waals surface area contributed by atoms with Crippen LogP contribution in [0.25, 0.3) is 11.0 Å². The number of nitrogens with one attached hydrogen (secondary N) is 3. The maximum atomic E-state index is 13.5. The molecular formula is C15H12F2N4O2S. The Labute approximate surface area is 138 Å². The van der Waals surface area contributed by atoms with Crippen LogP contribution in [0.4, 0.5) is 14.5 Å². The number of aromatic nitrogens is 3. The molecule has 6 nitrogen and oxygen atoms in total. The maximum absolute atomic E-state index is 13.5. The van der Waals surface area contributed by atoms with Gasteiger partial charge < -0.3 is 10.3 Å². The highest BCUT2D eigenvalue weighted by molar-refractivity contribution is 7.99. The molecule has 9 heteroatoms. The van der Waals surface area contributed by atoms with Crippen molar-refractivity contribution in [3.8, 4) is 0 Å². The number of carbonyl (C=O) groups excluding carboxylic acids is 1. The van der Waals surface area contributed by atoms with Crippen LogP contribution in [0.2, 0.25) is 0 Å². The minimum Gasteiger partial charge on any atom is -0.353 e. The number of aromatic amines is 2. The molecule has 0 aliphatic carbocycles. The van der Waals surface area contributed by atoms with E-state index in [0.29, 0.717) is 17.1 Å². The summed E-state index contributed by atoms with van der Waals surface area (Å²) >= 11 is 1.01. The van der Waals surface area contributed by atoms with E-state index in [4.69, 9.17) is 0 Å². The van der Waals surface area contributed by atoms with Crippen molar-refractivity contribution >= 4 is 34.4 Å². The first-order valence-corrected chi connectivity index (χ1v) is 7.88. The summed E-state index contributed by atoms with van der Waals surface area (Å²) in [6.45, 7) is 1.80. The van der Waals surface area contributed by atoms with Crippen molar-refractivity contribution in [3.05, 3.63) is 51.9 Å². The average Bonchev–Trinajstić information content (AvgIpc) is 2.89. The molecule has 0 aliphatic rings. The number of amides is 1. The van der Waals surface area contributed by atoms with Gasteiger partial charge >= 0.3 is 0 Å². The third kappa shape index (κ3) is 3.46. The van der Waals surface area contributed by atoms with Crippen molar-refractivity contribution < 1.29 is 13.6 Å². The normalized spacial score (nSPS) is 11.0. The first-order valence-electron chi connectivity index (χ1n) is 6.90. The van der Waals surface area contributed by atoms with Crippen LogP contribution < -0.4 is 10.9 Å². The Bertz CT molecular complexity index is 983. The van der Waals surface area contributed by atoms with Crippen LogP contribution in [0.15, 0.2) is 34.2 Å². The fourth-order valence-electron chi connectivity index (χ4n) is 2.11. The van der Waals surface area contributed by atoms with Crippen molar-refractivity contribution in [2.75, 3.05) is 11.1 Å². The Kier molecular flexibility index (Phi) is 4.34. The predicted octanol–water partition coefficient (Wildman–Crippen LogP) is 2.57. The molecule has 124 valence electrons. The van der Waals surface area contributed by atoms with E-state index in [1.54, 1.807) is 13.0 Å². The summed E-state index contributed by atoms with van der Waals surface area (Å²) < 4.78 is 26.3. The largest absolute Gasteiger partial charge is 0.353 e.